The third-order valence-electron chi connectivity index (χ3n) is 1.41. The van der Waals surface area contributed by atoms with Gasteiger partial charge in [0.25, 0.3) is 5.69 Å². The zero-order chi connectivity index (χ0) is 10.0. The van der Waals surface area contributed by atoms with Gasteiger partial charge in [-0.3, -0.25) is 10.1 Å². The molecule has 1 rings (SSSR count). The van der Waals surface area contributed by atoms with Gasteiger partial charge in [-0.15, -0.1) is 0 Å². The number of rotatable bonds is 2. The number of nitro groups is 1. The zero-order valence-electron chi connectivity index (χ0n) is 6.58. The Morgan fingerprint density at radius 1 is 1.62 bits per heavy atom. The molecule has 6 heteroatoms. The van der Waals surface area contributed by atoms with E-state index in [1.807, 2.05) is 0 Å². The number of hydrogen-bond donors (Lipinski definition) is 0. The number of ether oxygens (including phenoxy) is 1. The molecule has 1 aromatic rings. The molecule has 1 aromatic carbocycles. The minimum atomic E-state index is -0.645. The number of non-ortho nitro benzene ring substituents is 1. The summed E-state index contributed by atoms with van der Waals surface area (Å²) in [4.78, 5) is 9.72. The van der Waals surface area contributed by atoms with Crippen LogP contribution in [0.2, 0.25) is 0 Å². The first-order chi connectivity index (χ1) is 6.06. The SMILES string of the molecule is COc1cc([N+](=O)[O-])cc(Br)c1F. The summed E-state index contributed by atoms with van der Waals surface area (Å²) in [7, 11) is 1.24. The van der Waals surface area contributed by atoms with Gasteiger partial charge in [0.2, 0.25) is 0 Å². The molecule has 0 atom stereocenters. The highest BCUT2D eigenvalue weighted by Crippen LogP contribution is 2.30. The van der Waals surface area contributed by atoms with E-state index in [1.54, 1.807) is 0 Å². The van der Waals surface area contributed by atoms with Crippen LogP contribution in [0.3, 0.4) is 0 Å². The van der Waals surface area contributed by atoms with Crippen LogP contribution in [0.15, 0.2) is 16.6 Å². The van der Waals surface area contributed by atoms with Crippen LogP contribution in [0.25, 0.3) is 0 Å². The lowest BCUT2D eigenvalue weighted by molar-refractivity contribution is -0.385. The summed E-state index contributed by atoms with van der Waals surface area (Å²) in [6.07, 6.45) is 0. The Labute approximate surface area is 81.6 Å². The van der Waals surface area contributed by atoms with Crippen molar-refractivity contribution in [3.63, 3.8) is 0 Å². The van der Waals surface area contributed by atoms with Crippen LogP contribution in [-0.2, 0) is 0 Å². The third kappa shape index (κ3) is 1.95. The maximum Gasteiger partial charge on any atom is 0.274 e. The second kappa shape index (κ2) is 3.69. The Morgan fingerprint density at radius 2 is 2.23 bits per heavy atom. The van der Waals surface area contributed by atoms with Crippen molar-refractivity contribution in [1.82, 2.24) is 0 Å². The smallest absolute Gasteiger partial charge is 0.274 e. The molecule has 0 spiro atoms. The fraction of sp³-hybridized carbons (Fsp3) is 0.143. The van der Waals surface area contributed by atoms with Crippen molar-refractivity contribution in [1.29, 1.82) is 0 Å². The van der Waals surface area contributed by atoms with Gasteiger partial charge in [-0.25, -0.2) is 4.39 Å². The third-order valence-corrected chi connectivity index (χ3v) is 1.99. The van der Waals surface area contributed by atoms with E-state index in [-0.39, 0.29) is 15.9 Å². The first-order valence-electron chi connectivity index (χ1n) is 3.23. The lowest BCUT2D eigenvalue weighted by Gasteiger charge is -2.02. The van der Waals surface area contributed by atoms with Crippen LogP contribution >= 0.6 is 15.9 Å². The summed E-state index contributed by atoms with van der Waals surface area (Å²) in [6, 6.07) is 2.11. The van der Waals surface area contributed by atoms with E-state index in [4.69, 9.17) is 0 Å². The molecule has 0 saturated carbocycles. The van der Waals surface area contributed by atoms with Crippen molar-refractivity contribution in [3.8, 4) is 5.75 Å². The second-order valence-corrected chi connectivity index (χ2v) is 3.06. The first kappa shape index (κ1) is 9.91. The van der Waals surface area contributed by atoms with Crippen LogP contribution in [0.4, 0.5) is 10.1 Å². The van der Waals surface area contributed by atoms with Crippen molar-refractivity contribution in [2.75, 3.05) is 7.11 Å². The van der Waals surface area contributed by atoms with Gasteiger partial charge in [0.05, 0.1) is 22.6 Å². The average molecular weight is 250 g/mol. The van der Waals surface area contributed by atoms with E-state index in [2.05, 4.69) is 20.7 Å². The van der Waals surface area contributed by atoms with Gasteiger partial charge < -0.3 is 4.74 Å². The standard InChI is InChI=1S/C7H5BrFNO3/c1-13-6-3-4(10(11)12)2-5(8)7(6)9/h2-3H,1H3. The highest BCUT2D eigenvalue weighted by atomic mass is 79.9. The predicted octanol–water partition coefficient (Wildman–Crippen LogP) is 2.51. The van der Waals surface area contributed by atoms with E-state index in [9.17, 15) is 14.5 Å². The molecule has 0 fully saturated rings. The van der Waals surface area contributed by atoms with E-state index in [0.29, 0.717) is 0 Å². The Hall–Kier alpha value is -1.17. The maximum atomic E-state index is 13.1. The maximum absolute atomic E-state index is 13.1. The minimum absolute atomic E-state index is 0.0125. The Balaban J connectivity index is 3.30. The second-order valence-electron chi connectivity index (χ2n) is 2.20. The monoisotopic (exact) mass is 249 g/mol. The highest BCUT2D eigenvalue weighted by molar-refractivity contribution is 9.10. The lowest BCUT2D eigenvalue weighted by atomic mass is 10.3. The number of nitro benzene ring substituents is 1. The van der Waals surface area contributed by atoms with Gasteiger partial charge in [-0.2, -0.15) is 0 Å². The molecule has 0 saturated heterocycles. The van der Waals surface area contributed by atoms with Crippen molar-refractivity contribution >= 4 is 21.6 Å². The first-order valence-corrected chi connectivity index (χ1v) is 4.03. The van der Waals surface area contributed by atoms with E-state index >= 15 is 0 Å². The molecular weight excluding hydrogens is 245 g/mol. The molecule has 0 aliphatic carbocycles. The number of methoxy groups -OCH3 is 1. The fourth-order valence-electron chi connectivity index (χ4n) is 0.804. The van der Waals surface area contributed by atoms with Crippen molar-refractivity contribution in [2.24, 2.45) is 0 Å². The Kier molecular flexibility index (Phi) is 2.82. The molecule has 4 nitrogen and oxygen atoms in total. The summed E-state index contributed by atoms with van der Waals surface area (Å²) < 4.78 is 17.7. The molecule has 13 heavy (non-hydrogen) atoms. The summed E-state index contributed by atoms with van der Waals surface area (Å²) in [5.41, 5.74) is -0.217. The van der Waals surface area contributed by atoms with Gasteiger partial charge in [0.1, 0.15) is 0 Å². The summed E-state index contributed by atoms with van der Waals surface area (Å²) >= 11 is 2.85. The van der Waals surface area contributed by atoms with Gasteiger partial charge in [0.15, 0.2) is 11.6 Å². The van der Waals surface area contributed by atoms with E-state index < -0.39 is 10.7 Å². The molecule has 0 aliphatic heterocycles. The van der Waals surface area contributed by atoms with E-state index in [0.717, 1.165) is 12.1 Å². The average Bonchev–Trinajstić information content (AvgIpc) is 2.09. The molecule has 0 N–H and O–H groups in total. The van der Waals surface area contributed by atoms with Crippen molar-refractivity contribution in [3.05, 3.63) is 32.5 Å². The van der Waals surface area contributed by atoms with Gasteiger partial charge >= 0.3 is 0 Å². The molecule has 70 valence electrons. The largest absolute Gasteiger partial charge is 0.493 e. The number of halogens is 2. The number of hydrogen-bond acceptors (Lipinski definition) is 3. The zero-order valence-corrected chi connectivity index (χ0v) is 8.17. The van der Waals surface area contributed by atoms with Gasteiger partial charge in [-0.1, -0.05) is 0 Å². The van der Waals surface area contributed by atoms with Crippen molar-refractivity contribution in [2.45, 2.75) is 0 Å². The Morgan fingerprint density at radius 3 is 2.69 bits per heavy atom. The van der Waals surface area contributed by atoms with Gasteiger partial charge in [-0.05, 0) is 15.9 Å². The summed E-state index contributed by atoms with van der Waals surface area (Å²) in [5, 5.41) is 10.3. The lowest BCUT2D eigenvalue weighted by Crippen LogP contribution is -1.93. The molecular formula is C7H5BrFNO3. The number of benzene rings is 1. The molecule has 0 aliphatic rings. The highest BCUT2D eigenvalue weighted by Gasteiger charge is 2.15. The molecule has 0 heterocycles. The van der Waals surface area contributed by atoms with Crippen LogP contribution in [0.1, 0.15) is 0 Å². The van der Waals surface area contributed by atoms with Crippen molar-refractivity contribution < 1.29 is 14.1 Å². The molecule has 0 bridgehead atoms. The van der Waals surface area contributed by atoms with Gasteiger partial charge in [0, 0.05) is 6.07 Å². The molecule has 0 radical (unpaired) electrons. The normalized spacial score (nSPS) is 9.77. The van der Waals surface area contributed by atoms with Crippen LogP contribution in [-0.4, -0.2) is 12.0 Å². The summed E-state index contributed by atoms with van der Waals surface area (Å²) in [5.74, 6) is -0.797. The fourth-order valence-corrected chi connectivity index (χ4v) is 1.23. The topological polar surface area (TPSA) is 52.4 Å². The summed E-state index contributed by atoms with van der Waals surface area (Å²) in [6.45, 7) is 0. The van der Waals surface area contributed by atoms with E-state index in [1.165, 1.54) is 7.11 Å². The van der Waals surface area contributed by atoms with Crippen LogP contribution in [0.5, 0.6) is 5.75 Å². The molecule has 0 amide bonds. The number of nitrogens with zero attached hydrogens (tertiary/aromatic N) is 1. The predicted molar refractivity (Wildman–Crippen MR) is 47.3 cm³/mol. The molecule has 0 aromatic heterocycles. The Bertz CT molecular complexity index is 356. The quantitative estimate of drug-likeness (QED) is 0.598. The van der Waals surface area contributed by atoms with Crippen LogP contribution < -0.4 is 4.74 Å². The minimum Gasteiger partial charge on any atom is -0.493 e. The molecule has 0 unspecified atom stereocenters. The van der Waals surface area contributed by atoms with Crippen LogP contribution in [0, 0.1) is 15.9 Å².